The Hall–Kier alpha value is 0.0200. The molecule has 0 aliphatic rings. The summed E-state index contributed by atoms with van der Waals surface area (Å²) >= 11 is 4.79. The van der Waals surface area contributed by atoms with Crippen molar-refractivity contribution in [3.63, 3.8) is 0 Å². The van der Waals surface area contributed by atoms with Gasteiger partial charge in [-0.2, -0.15) is 0 Å². The van der Waals surface area contributed by atoms with E-state index in [-0.39, 0.29) is 4.90 Å². The van der Waals surface area contributed by atoms with Gasteiger partial charge in [-0.3, -0.25) is 0 Å². The molecule has 0 atom stereocenters. The van der Waals surface area contributed by atoms with Crippen LogP contribution in [0.4, 0.5) is 5.00 Å². The number of hydrogen-bond acceptors (Lipinski definition) is 6. The molecule has 0 spiro atoms. The van der Waals surface area contributed by atoms with Crippen molar-refractivity contribution in [2.24, 2.45) is 0 Å². The fraction of sp³-hybridized carbons (Fsp3) is 0.250. The molecule has 0 saturated heterocycles. The van der Waals surface area contributed by atoms with Crippen LogP contribution < -0.4 is 5.73 Å². The van der Waals surface area contributed by atoms with E-state index in [1.165, 1.54) is 20.7 Å². The predicted molar refractivity (Wildman–Crippen MR) is 50.6 cm³/mol. The summed E-state index contributed by atoms with van der Waals surface area (Å²) in [4.78, 5) is 0.113. The molecular weight excluding hydrogens is 222 g/mol. The van der Waals surface area contributed by atoms with Crippen molar-refractivity contribution in [2.75, 3.05) is 12.0 Å². The molecule has 0 unspecified atom stereocenters. The highest BCUT2D eigenvalue weighted by Crippen LogP contribution is 2.30. The molecule has 2 N–H and O–H groups in total. The van der Waals surface area contributed by atoms with Crippen molar-refractivity contribution in [2.45, 2.75) is 4.90 Å². The molecule has 1 aromatic heterocycles. The van der Waals surface area contributed by atoms with Crippen LogP contribution in [0.2, 0.25) is 0 Å². The smallest absolute Gasteiger partial charge is 0.180 e. The Kier molecular flexibility index (Phi) is 2.33. The normalized spacial score (nSPS) is 11.7. The lowest BCUT2D eigenvalue weighted by molar-refractivity contribution is 0.602. The monoisotopic (exact) mass is 227 g/mol. The zero-order valence-electron chi connectivity index (χ0n) is 5.53. The summed E-state index contributed by atoms with van der Waals surface area (Å²) in [7, 11) is -0.825. The molecule has 0 aromatic carbocycles. The fourth-order valence-corrected chi connectivity index (χ4v) is 5.26. The second-order valence-electron chi connectivity index (χ2n) is 1.92. The van der Waals surface area contributed by atoms with Crippen molar-refractivity contribution < 1.29 is 8.42 Å². The highest BCUT2D eigenvalue weighted by Gasteiger charge is 2.15. The van der Waals surface area contributed by atoms with Crippen LogP contribution in [0.5, 0.6) is 0 Å². The lowest BCUT2D eigenvalue weighted by atomic mass is 10.7. The van der Waals surface area contributed by atoms with Crippen molar-refractivity contribution in [3.05, 3.63) is 3.82 Å². The molecule has 0 aliphatic carbocycles. The maximum Gasteiger partial charge on any atom is 0.180 e. The third-order valence-corrected chi connectivity index (χ3v) is 5.42. The Bertz CT molecular complexity index is 412. The van der Waals surface area contributed by atoms with Crippen LogP contribution in [0.25, 0.3) is 0 Å². The van der Waals surface area contributed by atoms with E-state index in [0.717, 1.165) is 6.26 Å². The highest BCUT2D eigenvalue weighted by atomic mass is 32.9. The van der Waals surface area contributed by atoms with Gasteiger partial charge in [0.1, 0.15) is 13.7 Å². The number of nitrogen functional groups attached to an aromatic ring is 1. The van der Waals surface area contributed by atoms with Crippen LogP contribution in [0.1, 0.15) is 0 Å². The minimum atomic E-state index is -3.23. The molecule has 0 saturated carbocycles. The molecule has 0 amide bonds. The molecule has 11 heavy (non-hydrogen) atoms. The van der Waals surface area contributed by atoms with Gasteiger partial charge in [0, 0.05) is 6.26 Å². The van der Waals surface area contributed by atoms with Gasteiger partial charge in [0.15, 0.2) is 9.84 Å². The number of sulfone groups is 1. The summed E-state index contributed by atoms with van der Waals surface area (Å²) in [6, 6.07) is 0. The minimum absolute atomic E-state index is 0.113. The standard InChI is InChI=1S/C4H5NO2S4/c1-11(6,7)2-3(5)9-10-4(2)8/h5H2,1H3. The summed E-state index contributed by atoms with van der Waals surface area (Å²) in [5.41, 5.74) is 5.41. The van der Waals surface area contributed by atoms with Gasteiger partial charge in [0.05, 0.1) is 0 Å². The maximum atomic E-state index is 11.0. The van der Waals surface area contributed by atoms with Gasteiger partial charge in [-0.15, -0.1) is 0 Å². The number of hydrogen-bond donors (Lipinski definition) is 1. The molecule has 0 aliphatic heterocycles. The summed E-state index contributed by atoms with van der Waals surface area (Å²) < 4.78 is 22.4. The number of rotatable bonds is 1. The van der Waals surface area contributed by atoms with E-state index in [2.05, 4.69) is 0 Å². The number of anilines is 1. The first-order valence-corrected chi connectivity index (χ1v) is 6.96. The van der Waals surface area contributed by atoms with Gasteiger partial charge in [-0.25, -0.2) is 8.42 Å². The lowest BCUT2D eigenvalue weighted by Crippen LogP contribution is -1.98. The van der Waals surface area contributed by atoms with Crippen molar-refractivity contribution in [3.8, 4) is 0 Å². The molecule has 0 fully saturated rings. The molecule has 1 heterocycles. The second kappa shape index (κ2) is 2.81. The van der Waals surface area contributed by atoms with Crippen molar-refractivity contribution in [1.29, 1.82) is 0 Å². The average Bonchev–Trinajstić information content (AvgIpc) is 2.08. The summed E-state index contributed by atoms with van der Waals surface area (Å²) in [5.74, 6) is 0. The van der Waals surface area contributed by atoms with E-state index in [1.54, 1.807) is 0 Å². The van der Waals surface area contributed by atoms with Gasteiger partial charge < -0.3 is 5.73 Å². The van der Waals surface area contributed by atoms with E-state index in [0.29, 0.717) is 8.82 Å². The topological polar surface area (TPSA) is 60.2 Å². The molecule has 62 valence electrons. The van der Waals surface area contributed by atoms with Crippen LogP contribution >= 0.6 is 32.9 Å². The van der Waals surface area contributed by atoms with Crippen molar-refractivity contribution >= 4 is 47.7 Å². The van der Waals surface area contributed by atoms with Gasteiger partial charge in [-0.05, 0) is 0 Å². The summed E-state index contributed by atoms with van der Waals surface area (Å²) in [6.07, 6.45) is 1.11. The molecule has 0 radical (unpaired) electrons. The van der Waals surface area contributed by atoms with Gasteiger partial charge >= 0.3 is 0 Å². The lowest BCUT2D eigenvalue weighted by Gasteiger charge is -1.91. The molecule has 0 bridgehead atoms. The number of nitrogens with two attached hydrogens (primary N) is 1. The van der Waals surface area contributed by atoms with Crippen molar-refractivity contribution in [1.82, 2.24) is 0 Å². The first kappa shape index (κ1) is 9.11. The predicted octanol–water partition coefficient (Wildman–Crippen LogP) is 1.52. The summed E-state index contributed by atoms with van der Waals surface area (Å²) in [5, 5.41) is 0.294. The fourth-order valence-electron chi connectivity index (χ4n) is 0.593. The van der Waals surface area contributed by atoms with Crippen LogP contribution in [-0.4, -0.2) is 14.7 Å². The first-order chi connectivity index (χ1) is 4.93. The molecule has 7 heteroatoms. The van der Waals surface area contributed by atoms with E-state index < -0.39 is 9.84 Å². The van der Waals surface area contributed by atoms with Crippen LogP contribution in [0, 0.1) is 3.82 Å². The highest BCUT2D eigenvalue weighted by molar-refractivity contribution is 7.92. The largest absolute Gasteiger partial charge is 0.389 e. The van der Waals surface area contributed by atoms with Crippen LogP contribution in [-0.2, 0) is 9.84 Å². The summed E-state index contributed by atoms with van der Waals surface area (Å²) in [6.45, 7) is 0. The maximum absolute atomic E-state index is 11.0. The van der Waals surface area contributed by atoms with Gasteiger partial charge in [-0.1, -0.05) is 32.9 Å². The molecular formula is C4H5NO2S4. The second-order valence-corrected chi connectivity index (χ2v) is 6.72. The molecule has 1 aromatic rings. The Balaban J connectivity index is 3.59. The van der Waals surface area contributed by atoms with E-state index in [1.807, 2.05) is 0 Å². The Morgan fingerprint density at radius 1 is 1.45 bits per heavy atom. The zero-order chi connectivity index (χ0) is 8.65. The van der Waals surface area contributed by atoms with Crippen LogP contribution in [0.15, 0.2) is 4.90 Å². The SMILES string of the molecule is CS(=O)(=O)c1c(N)ssc1=S. The Labute approximate surface area is 76.8 Å². The third kappa shape index (κ3) is 1.78. The van der Waals surface area contributed by atoms with E-state index >= 15 is 0 Å². The van der Waals surface area contributed by atoms with E-state index in [4.69, 9.17) is 18.0 Å². The van der Waals surface area contributed by atoms with Gasteiger partial charge in [0.25, 0.3) is 0 Å². The molecule has 1 rings (SSSR count). The minimum Gasteiger partial charge on any atom is -0.389 e. The van der Waals surface area contributed by atoms with E-state index in [9.17, 15) is 8.42 Å². The van der Waals surface area contributed by atoms with Gasteiger partial charge in [0.2, 0.25) is 0 Å². The average molecular weight is 227 g/mol. The van der Waals surface area contributed by atoms with Crippen LogP contribution in [0.3, 0.4) is 0 Å². The first-order valence-electron chi connectivity index (χ1n) is 2.51. The zero-order valence-corrected chi connectivity index (χ0v) is 8.79. The quantitative estimate of drug-likeness (QED) is 0.584. The molecule has 3 nitrogen and oxygen atoms in total. The third-order valence-electron chi connectivity index (χ3n) is 0.987. The Morgan fingerprint density at radius 3 is 2.18 bits per heavy atom. The Morgan fingerprint density at radius 2 is 2.00 bits per heavy atom.